The number of hydrogen-bond donors (Lipinski definition) is 5. The minimum atomic E-state index is -3.67. The molecule has 37 heavy (non-hydrogen) atoms. The third kappa shape index (κ3) is 4.55. The maximum atomic E-state index is 12.9. The molecular weight excluding hydrogens is 486 g/mol. The monoisotopic (exact) mass is 509 g/mol. The molecule has 6 N–H and O–H groups in total. The van der Waals surface area contributed by atoms with E-state index in [0.29, 0.717) is 12.0 Å². The topological polar surface area (TPSA) is 153 Å². The molecule has 0 atom stereocenters. The lowest BCUT2D eigenvalue weighted by Crippen LogP contribution is -2.23. The third-order valence-corrected chi connectivity index (χ3v) is 7.67. The number of sulfonamides is 1. The van der Waals surface area contributed by atoms with Crippen molar-refractivity contribution >= 4 is 48.7 Å². The van der Waals surface area contributed by atoms with Gasteiger partial charge in [0.25, 0.3) is 0 Å². The zero-order valence-corrected chi connectivity index (χ0v) is 20.4. The van der Waals surface area contributed by atoms with Crippen LogP contribution in [-0.4, -0.2) is 34.2 Å². The first-order valence-electron chi connectivity index (χ1n) is 11.6. The van der Waals surface area contributed by atoms with Gasteiger partial charge in [-0.15, -0.1) is 0 Å². The summed E-state index contributed by atoms with van der Waals surface area (Å²) in [5, 5.41) is 9.47. The molecule has 10 heteroatoms. The summed E-state index contributed by atoms with van der Waals surface area (Å²) in [7, 11) is -3.67. The Hall–Kier alpha value is -4.54. The highest BCUT2D eigenvalue weighted by Crippen LogP contribution is 2.21. The number of fused-ring (bicyclic) bond motifs is 3. The molecule has 2 aromatic heterocycles. The second kappa shape index (κ2) is 8.84. The summed E-state index contributed by atoms with van der Waals surface area (Å²) >= 11 is 0. The Balaban J connectivity index is 1.19. The summed E-state index contributed by atoms with van der Waals surface area (Å²) in [5.41, 5.74) is 10.2. The number of benzene rings is 4. The van der Waals surface area contributed by atoms with Crippen LogP contribution in [0.15, 0.2) is 83.8 Å². The van der Waals surface area contributed by atoms with Crippen molar-refractivity contribution in [2.45, 2.75) is 17.9 Å². The van der Waals surface area contributed by atoms with Crippen LogP contribution in [0, 0.1) is 5.41 Å². The van der Waals surface area contributed by atoms with Gasteiger partial charge in [0.05, 0.1) is 33.4 Å². The molecule has 0 aliphatic carbocycles. The molecule has 0 aliphatic heterocycles. The SMILES string of the molecule is N=C(N)c1ccc2nc(Cc3nc4ccc(CNS(=O)(=O)c5ccc6ccccc6c5)cc4[nH]3)[nH]c2c1. The van der Waals surface area contributed by atoms with Gasteiger partial charge in [0, 0.05) is 12.1 Å². The Labute approximate surface area is 212 Å². The Bertz CT molecular complexity index is 1920. The average Bonchev–Trinajstić information content (AvgIpc) is 3.49. The Morgan fingerprint density at radius 3 is 2.24 bits per heavy atom. The van der Waals surface area contributed by atoms with Crippen molar-refractivity contribution in [3.63, 3.8) is 0 Å². The highest BCUT2D eigenvalue weighted by Gasteiger charge is 2.15. The molecule has 6 rings (SSSR count). The number of nitrogens with two attached hydrogens (primary N) is 1. The molecule has 0 spiro atoms. The van der Waals surface area contributed by atoms with Crippen LogP contribution in [0.25, 0.3) is 32.8 Å². The van der Waals surface area contributed by atoms with Crippen molar-refractivity contribution in [3.05, 3.63) is 102 Å². The van der Waals surface area contributed by atoms with Gasteiger partial charge in [-0.2, -0.15) is 0 Å². The second-order valence-electron chi connectivity index (χ2n) is 8.87. The molecule has 0 bridgehead atoms. The fourth-order valence-corrected chi connectivity index (χ4v) is 5.42. The van der Waals surface area contributed by atoms with E-state index in [1.807, 2.05) is 54.6 Å². The fraction of sp³-hybridized carbons (Fsp3) is 0.0741. The number of nitrogens with one attached hydrogen (secondary N) is 4. The number of H-pyrrole nitrogens is 2. The zero-order chi connectivity index (χ0) is 25.6. The Morgan fingerprint density at radius 1 is 0.838 bits per heavy atom. The van der Waals surface area contributed by atoms with Gasteiger partial charge in [-0.3, -0.25) is 5.41 Å². The summed E-state index contributed by atoms with van der Waals surface area (Å²) in [6, 6.07) is 23.8. The molecule has 0 unspecified atom stereocenters. The van der Waals surface area contributed by atoms with Gasteiger partial charge in [0.2, 0.25) is 10.0 Å². The van der Waals surface area contributed by atoms with Crippen LogP contribution < -0.4 is 10.5 Å². The van der Waals surface area contributed by atoms with Gasteiger partial charge in [0.15, 0.2) is 0 Å². The lowest BCUT2D eigenvalue weighted by atomic mass is 10.1. The zero-order valence-electron chi connectivity index (χ0n) is 19.6. The van der Waals surface area contributed by atoms with Crippen molar-refractivity contribution in [2.24, 2.45) is 5.73 Å². The summed E-state index contributed by atoms with van der Waals surface area (Å²) in [5.74, 6) is 1.47. The molecule has 2 heterocycles. The Kier molecular flexibility index (Phi) is 5.47. The first-order chi connectivity index (χ1) is 17.8. The van der Waals surface area contributed by atoms with Crippen molar-refractivity contribution in [1.82, 2.24) is 24.7 Å². The normalized spacial score (nSPS) is 12.0. The number of aromatic amines is 2. The minimum Gasteiger partial charge on any atom is -0.384 e. The van der Waals surface area contributed by atoms with Crippen LogP contribution in [0.1, 0.15) is 22.8 Å². The number of nitrogen functional groups attached to an aromatic ring is 1. The van der Waals surface area contributed by atoms with E-state index in [9.17, 15) is 8.42 Å². The van der Waals surface area contributed by atoms with Crippen LogP contribution >= 0.6 is 0 Å². The highest BCUT2D eigenvalue weighted by molar-refractivity contribution is 7.89. The maximum Gasteiger partial charge on any atom is 0.240 e. The summed E-state index contributed by atoms with van der Waals surface area (Å²) in [4.78, 5) is 16.0. The molecule has 0 saturated carbocycles. The molecule has 0 radical (unpaired) electrons. The van der Waals surface area contributed by atoms with E-state index in [1.54, 1.807) is 24.3 Å². The van der Waals surface area contributed by atoms with E-state index in [0.717, 1.165) is 50.1 Å². The molecule has 0 fully saturated rings. The number of rotatable bonds is 7. The lowest BCUT2D eigenvalue weighted by molar-refractivity contribution is 0.581. The summed E-state index contributed by atoms with van der Waals surface area (Å²) < 4.78 is 28.5. The number of nitrogens with zero attached hydrogens (tertiary/aromatic N) is 2. The van der Waals surface area contributed by atoms with E-state index in [2.05, 4.69) is 24.7 Å². The summed E-state index contributed by atoms with van der Waals surface area (Å²) in [6.07, 6.45) is 0.461. The maximum absolute atomic E-state index is 12.9. The molecule has 6 aromatic rings. The van der Waals surface area contributed by atoms with Crippen LogP contribution in [0.3, 0.4) is 0 Å². The Morgan fingerprint density at radius 2 is 1.51 bits per heavy atom. The van der Waals surface area contributed by atoms with E-state index in [1.165, 1.54) is 0 Å². The molecule has 0 amide bonds. The van der Waals surface area contributed by atoms with Gasteiger partial charge >= 0.3 is 0 Å². The molecule has 4 aromatic carbocycles. The van der Waals surface area contributed by atoms with Crippen molar-refractivity contribution in [3.8, 4) is 0 Å². The van der Waals surface area contributed by atoms with Crippen LogP contribution in [0.2, 0.25) is 0 Å². The fourth-order valence-electron chi connectivity index (χ4n) is 4.37. The van der Waals surface area contributed by atoms with Crippen molar-refractivity contribution < 1.29 is 8.42 Å². The van der Waals surface area contributed by atoms with Crippen LogP contribution in [0.4, 0.5) is 0 Å². The van der Waals surface area contributed by atoms with E-state index in [4.69, 9.17) is 11.1 Å². The molecule has 0 aliphatic rings. The van der Waals surface area contributed by atoms with Crippen LogP contribution in [0.5, 0.6) is 0 Å². The third-order valence-electron chi connectivity index (χ3n) is 6.27. The van der Waals surface area contributed by atoms with Gasteiger partial charge < -0.3 is 15.7 Å². The standard InChI is InChI=1S/C27H23N7O2S/c28-27(29)19-7-10-22-24(13-19)34-26(32-22)14-25-31-21-9-5-16(11-23(21)33-25)15-30-37(35,36)20-8-6-17-3-1-2-4-18(17)12-20/h1-13,30H,14-15H2,(H3,28,29)(H,31,33)(H,32,34). The number of hydrogen-bond acceptors (Lipinski definition) is 5. The minimum absolute atomic E-state index is 0.00527. The second-order valence-corrected chi connectivity index (χ2v) is 10.6. The number of imidazole rings is 2. The van der Waals surface area contributed by atoms with E-state index >= 15 is 0 Å². The van der Waals surface area contributed by atoms with E-state index in [-0.39, 0.29) is 17.3 Å². The first kappa shape index (κ1) is 22.9. The average molecular weight is 510 g/mol. The van der Waals surface area contributed by atoms with Gasteiger partial charge in [-0.1, -0.05) is 36.4 Å². The van der Waals surface area contributed by atoms with Gasteiger partial charge in [-0.25, -0.2) is 23.1 Å². The predicted molar refractivity (Wildman–Crippen MR) is 144 cm³/mol. The molecule has 184 valence electrons. The molecular formula is C27H23N7O2S. The lowest BCUT2D eigenvalue weighted by Gasteiger charge is -2.08. The summed E-state index contributed by atoms with van der Waals surface area (Å²) in [6.45, 7) is 0.154. The number of aromatic nitrogens is 4. The van der Waals surface area contributed by atoms with Gasteiger partial charge in [0.1, 0.15) is 17.5 Å². The smallest absolute Gasteiger partial charge is 0.240 e. The van der Waals surface area contributed by atoms with Crippen molar-refractivity contribution in [1.29, 1.82) is 5.41 Å². The van der Waals surface area contributed by atoms with Crippen molar-refractivity contribution in [2.75, 3.05) is 0 Å². The quantitative estimate of drug-likeness (QED) is 0.163. The van der Waals surface area contributed by atoms with Gasteiger partial charge in [-0.05, 0) is 58.8 Å². The highest BCUT2D eigenvalue weighted by atomic mass is 32.2. The molecule has 9 nitrogen and oxygen atoms in total. The largest absolute Gasteiger partial charge is 0.384 e. The first-order valence-corrected chi connectivity index (χ1v) is 13.1. The molecule has 0 saturated heterocycles. The van der Waals surface area contributed by atoms with E-state index < -0.39 is 10.0 Å². The predicted octanol–water partition coefficient (Wildman–Crippen LogP) is 3.95. The number of amidine groups is 1. The van der Waals surface area contributed by atoms with Crippen LogP contribution in [-0.2, 0) is 23.0 Å².